The van der Waals surface area contributed by atoms with Crippen molar-refractivity contribution in [2.45, 2.75) is 39.0 Å². The number of carbonyl (C=O) groups is 2. The number of rotatable bonds is 5. The highest BCUT2D eigenvalue weighted by molar-refractivity contribution is 5.77. The van der Waals surface area contributed by atoms with Crippen LogP contribution in [-0.4, -0.2) is 60.8 Å². The third kappa shape index (κ3) is 4.60. The highest BCUT2D eigenvalue weighted by Crippen LogP contribution is 2.22. The standard InChI is InChI=1S/C18H22N6O2.CH2O2/c1-12-9-23(10-16-21-22-17(11-26-2)24(12)16)18(25)8-7-15-19-13-5-3-4-6-14(13)20-15;2-1-3/h3-6,12H,7-11H2,1-2H3,(H,19,20);1H,(H,2,3)/t12-;/m0./s1. The van der Waals surface area contributed by atoms with Gasteiger partial charge in [-0.25, -0.2) is 4.98 Å². The minimum atomic E-state index is -0.250. The molecule has 1 aliphatic rings. The predicted octanol–water partition coefficient (Wildman–Crippen LogP) is 1.54. The van der Waals surface area contributed by atoms with E-state index in [1.54, 1.807) is 7.11 Å². The molecule has 1 aromatic carbocycles. The van der Waals surface area contributed by atoms with Crippen LogP contribution >= 0.6 is 0 Å². The van der Waals surface area contributed by atoms with Crippen molar-refractivity contribution in [3.8, 4) is 0 Å². The van der Waals surface area contributed by atoms with Gasteiger partial charge < -0.3 is 24.3 Å². The lowest BCUT2D eigenvalue weighted by Crippen LogP contribution is -2.41. The lowest BCUT2D eigenvalue weighted by Gasteiger charge is -2.32. The summed E-state index contributed by atoms with van der Waals surface area (Å²) in [5.74, 6) is 2.58. The van der Waals surface area contributed by atoms with E-state index in [9.17, 15) is 4.79 Å². The maximum absolute atomic E-state index is 12.7. The normalized spacial score (nSPS) is 15.5. The number of aryl methyl sites for hydroxylation is 1. The monoisotopic (exact) mass is 400 g/mol. The number of nitrogens with one attached hydrogen (secondary N) is 1. The number of H-pyrrole nitrogens is 1. The second kappa shape index (κ2) is 9.28. The van der Waals surface area contributed by atoms with Crippen molar-refractivity contribution in [2.24, 2.45) is 0 Å². The van der Waals surface area contributed by atoms with E-state index < -0.39 is 0 Å². The second-order valence-corrected chi connectivity index (χ2v) is 6.76. The molecule has 3 aromatic rings. The quantitative estimate of drug-likeness (QED) is 0.622. The smallest absolute Gasteiger partial charge is 0.290 e. The average Bonchev–Trinajstić information content (AvgIpc) is 3.31. The lowest BCUT2D eigenvalue weighted by atomic mass is 10.2. The number of para-hydroxylation sites is 2. The van der Waals surface area contributed by atoms with Crippen LogP contribution in [0.1, 0.15) is 36.9 Å². The van der Waals surface area contributed by atoms with Gasteiger partial charge in [-0.3, -0.25) is 9.59 Å². The predicted molar refractivity (Wildman–Crippen MR) is 104 cm³/mol. The van der Waals surface area contributed by atoms with Gasteiger partial charge >= 0.3 is 0 Å². The summed E-state index contributed by atoms with van der Waals surface area (Å²) in [6.45, 7) is 3.39. The van der Waals surface area contributed by atoms with Gasteiger partial charge in [-0.15, -0.1) is 10.2 Å². The average molecular weight is 400 g/mol. The van der Waals surface area contributed by atoms with E-state index in [1.165, 1.54) is 0 Å². The van der Waals surface area contributed by atoms with Crippen molar-refractivity contribution >= 4 is 23.4 Å². The summed E-state index contributed by atoms with van der Waals surface area (Å²) < 4.78 is 7.25. The van der Waals surface area contributed by atoms with Crippen LogP contribution in [-0.2, 0) is 33.9 Å². The van der Waals surface area contributed by atoms with E-state index in [-0.39, 0.29) is 18.4 Å². The zero-order chi connectivity index (χ0) is 20.8. The molecule has 3 heterocycles. The summed E-state index contributed by atoms with van der Waals surface area (Å²) in [5.41, 5.74) is 1.93. The van der Waals surface area contributed by atoms with E-state index in [0.29, 0.717) is 32.5 Å². The van der Waals surface area contributed by atoms with E-state index in [1.807, 2.05) is 29.2 Å². The molecule has 1 atom stereocenters. The van der Waals surface area contributed by atoms with Crippen LogP contribution in [0.15, 0.2) is 24.3 Å². The Morgan fingerprint density at radius 1 is 1.38 bits per heavy atom. The fourth-order valence-electron chi connectivity index (χ4n) is 3.54. The number of amides is 1. The molecule has 0 fully saturated rings. The maximum atomic E-state index is 12.7. The third-order valence-corrected chi connectivity index (χ3v) is 4.73. The van der Waals surface area contributed by atoms with Crippen LogP contribution in [0, 0.1) is 0 Å². The van der Waals surface area contributed by atoms with E-state index in [0.717, 1.165) is 28.5 Å². The Morgan fingerprint density at radius 3 is 2.86 bits per heavy atom. The minimum Gasteiger partial charge on any atom is -0.483 e. The summed E-state index contributed by atoms with van der Waals surface area (Å²) >= 11 is 0. The van der Waals surface area contributed by atoms with Crippen molar-refractivity contribution in [3.05, 3.63) is 41.7 Å². The Balaban J connectivity index is 0.000000755. The highest BCUT2D eigenvalue weighted by atomic mass is 16.5. The molecule has 154 valence electrons. The van der Waals surface area contributed by atoms with Crippen LogP contribution in [0.2, 0.25) is 0 Å². The van der Waals surface area contributed by atoms with Crippen molar-refractivity contribution in [1.82, 2.24) is 29.6 Å². The molecule has 2 aromatic heterocycles. The van der Waals surface area contributed by atoms with Crippen LogP contribution in [0.25, 0.3) is 11.0 Å². The van der Waals surface area contributed by atoms with Crippen molar-refractivity contribution in [2.75, 3.05) is 13.7 Å². The maximum Gasteiger partial charge on any atom is 0.290 e. The van der Waals surface area contributed by atoms with Crippen LogP contribution in [0.3, 0.4) is 0 Å². The molecule has 0 aliphatic carbocycles. The summed E-state index contributed by atoms with van der Waals surface area (Å²) in [6.07, 6.45) is 1.02. The van der Waals surface area contributed by atoms with Gasteiger partial charge in [0.1, 0.15) is 12.4 Å². The first kappa shape index (κ1) is 20.5. The number of carboxylic acid groups (broad SMARTS) is 1. The molecule has 10 heteroatoms. The number of carbonyl (C=O) groups excluding carboxylic acids is 1. The fraction of sp³-hybridized carbons (Fsp3) is 0.421. The highest BCUT2D eigenvalue weighted by Gasteiger charge is 2.28. The molecule has 1 aliphatic heterocycles. The lowest BCUT2D eigenvalue weighted by molar-refractivity contribution is -0.133. The Hall–Kier alpha value is -3.27. The number of ether oxygens (including phenoxy) is 1. The first-order chi connectivity index (χ1) is 14.1. The van der Waals surface area contributed by atoms with Gasteiger partial charge in [0.25, 0.3) is 6.47 Å². The Labute approximate surface area is 167 Å². The van der Waals surface area contributed by atoms with Gasteiger partial charge in [0.2, 0.25) is 5.91 Å². The number of benzene rings is 1. The van der Waals surface area contributed by atoms with Gasteiger partial charge in [0.15, 0.2) is 11.6 Å². The summed E-state index contributed by atoms with van der Waals surface area (Å²) in [7, 11) is 1.64. The van der Waals surface area contributed by atoms with Crippen LogP contribution in [0.5, 0.6) is 0 Å². The summed E-state index contributed by atoms with van der Waals surface area (Å²) in [4.78, 5) is 30.7. The van der Waals surface area contributed by atoms with Crippen molar-refractivity contribution in [1.29, 1.82) is 0 Å². The zero-order valence-electron chi connectivity index (χ0n) is 16.4. The minimum absolute atomic E-state index is 0.111. The molecule has 2 N–H and O–H groups in total. The number of nitrogens with zero attached hydrogens (tertiary/aromatic N) is 5. The number of imidazole rings is 1. The Kier molecular flexibility index (Phi) is 6.55. The van der Waals surface area contributed by atoms with Gasteiger partial charge in [0, 0.05) is 26.5 Å². The largest absolute Gasteiger partial charge is 0.483 e. The summed E-state index contributed by atoms with van der Waals surface area (Å²) in [6, 6.07) is 8.02. The number of aromatic nitrogens is 5. The topological polar surface area (TPSA) is 126 Å². The van der Waals surface area contributed by atoms with Crippen LogP contribution < -0.4 is 0 Å². The molecule has 1 amide bonds. The number of methoxy groups -OCH3 is 1. The molecule has 4 rings (SSSR count). The Bertz CT molecular complexity index is 949. The van der Waals surface area contributed by atoms with E-state index in [2.05, 4.69) is 31.7 Å². The van der Waals surface area contributed by atoms with Crippen LogP contribution in [0.4, 0.5) is 0 Å². The molecular weight excluding hydrogens is 376 g/mol. The molecule has 10 nitrogen and oxygen atoms in total. The molecule has 0 saturated heterocycles. The number of hydrogen-bond acceptors (Lipinski definition) is 6. The number of fused-ring (bicyclic) bond motifs is 2. The second-order valence-electron chi connectivity index (χ2n) is 6.76. The van der Waals surface area contributed by atoms with Gasteiger partial charge in [0.05, 0.1) is 23.6 Å². The molecule has 0 radical (unpaired) electrons. The molecule has 29 heavy (non-hydrogen) atoms. The molecule has 0 saturated carbocycles. The number of hydrogen-bond donors (Lipinski definition) is 2. The Morgan fingerprint density at radius 2 is 2.14 bits per heavy atom. The van der Waals surface area contributed by atoms with E-state index in [4.69, 9.17) is 14.6 Å². The third-order valence-electron chi connectivity index (χ3n) is 4.73. The van der Waals surface area contributed by atoms with Gasteiger partial charge in [-0.05, 0) is 19.1 Å². The first-order valence-electron chi connectivity index (χ1n) is 9.28. The molecule has 0 spiro atoms. The van der Waals surface area contributed by atoms with Gasteiger partial charge in [-0.1, -0.05) is 12.1 Å². The van der Waals surface area contributed by atoms with E-state index >= 15 is 0 Å². The van der Waals surface area contributed by atoms with Gasteiger partial charge in [-0.2, -0.15) is 0 Å². The molecular formula is C19H24N6O4. The molecule has 0 unspecified atom stereocenters. The van der Waals surface area contributed by atoms with Crippen molar-refractivity contribution in [3.63, 3.8) is 0 Å². The zero-order valence-corrected chi connectivity index (χ0v) is 16.4. The first-order valence-corrected chi connectivity index (χ1v) is 9.28. The number of aromatic amines is 1. The fourth-order valence-corrected chi connectivity index (χ4v) is 3.54. The molecule has 0 bridgehead atoms. The SMILES string of the molecule is COCc1nnc2n1[C@@H](C)CN(C(=O)CCc1nc3ccccc3[nH]1)C2.O=CO. The van der Waals surface area contributed by atoms with Crippen molar-refractivity contribution < 1.29 is 19.4 Å². The summed E-state index contributed by atoms with van der Waals surface area (Å²) in [5, 5.41) is 15.3.